The van der Waals surface area contributed by atoms with Gasteiger partial charge in [0.15, 0.2) is 0 Å². The minimum atomic E-state index is -0.114. The van der Waals surface area contributed by atoms with Gasteiger partial charge in [-0.05, 0) is 43.7 Å². The van der Waals surface area contributed by atoms with Crippen LogP contribution in [0.4, 0.5) is 4.39 Å². The maximum Gasteiger partial charge on any atom is 0.130 e. The molecule has 0 aliphatic rings. The number of rotatable bonds is 4. The van der Waals surface area contributed by atoms with E-state index in [1.165, 1.54) is 5.56 Å². The van der Waals surface area contributed by atoms with Gasteiger partial charge in [0.1, 0.15) is 5.82 Å². The smallest absolute Gasteiger partial charge is 0.130 e. The van der Waals surface area contributed by atoms with Crippen LogP contribution in [0.5, 0.6) is 0 Å². The average Bonchev–Trinajstić information content (AvgIpc) is 2.40. The van der Waals surface area contributed by atoms with Crippen LogP contribution in [-0.2, 0) is 6.42 Å². The van der Waals surface area contributed by atoms with E-state index in [2.05, 4.69) is 33.4 Å². The van der Waals surface area contributed by atoms with Crippen molar-refractivity contribution in [3.05, 3.63) is 69.4 Å². The van der Waals surface area contributed by atoms with E-state index in [0.717, 1.165) is 16.5 Å². The zero-order valence-corrected chi connectivity index (χ0v) is 12.7. The first-order valence-corrected chi connectivity index (χ1v) is 7.08. The largest absolute Gasteiger partial charge is 0.313 e. The molecule has 0 radical (unpaired) electrons. The van der Waals surface area contributed by atoms with Crippen molar-refractivity contribution in [2.75, 3.05) is 7.05 Å². The van der Waals surface area contributed by atoms with Gasteiger partial charge in [-0.3, -0.25) is 0 Å². The molecule has 0 aromatic heterocycles. The van der Waals surface area contributed by atoms with Gasteiger partial charge in [-0.25, -0.2) is 4.39 Å². The van der Waals surface area contributed by atoms with Gasteiger partial charge in [-0.2, -0.15) is 0 Å². The molecule has 100 valence electrons. The van der Waals surface area contributed by atoms with Gasteiger partial charge in [0, 0.05) is 16.1 Å². The lowest BCUT2D eigenvalue weighted by molar-refractivity contribution is 0.529. The highest BCUT2D eigenvalue weighted by Gasteiger charge is 2.15. The molecule has 0 amide bonds. The van der Waals surface area contributed by atoms with Crippen LogP contribution in [0.1, 0.15) is 22.7 Å². The lowest BCUT2D eigenvalue weighted by atomic mass is 9.97. The van der Waals surface area contributed by atoms with Crippen LogP contribution in [0.2, 0.25) is 0 Å². The first kappa shape index (κ1) is 14.2. The average molecular weight is 322 g/mol. The standard InChI is InChI=1S/C16H17BrFN/c1-11-5-3-8-14(16(11)18)15(19-2)10-12-6-4-7-13(17)9-12/h3-9,15,19H,10H2,1-2H3. The van der Waals surface area contributed by atoms with E-state index >= 15 is 0 Å². The minimum Gasteiger partial charge on any atom is -0.313 e. The molecule has 2 rings (SSSR count). The molecular formula is C16H17BrFN. The predicted molar refractivity (Wildman–Crippen MR) is 80.8 cm³/mol. The predicted octanol–water partition coefficient (Wildman–Crippen LogP) is 4.40. The fourth-order valence-corrected chi connectivity index (χ4v) is 2.65. The van der Waals surface area contributed by atoms with Crippen molar-refractivity contribution >= 4 is 15.9 Å². The molecule has 0 spiro atoms. The Labute approximate surface area is 122 Å². The number of benzene rings is 2. The maximum absolute atomic E-state index is 14.2. The molecule has 1 nitrogen and oxygen atoms in total. The van der Waals surface area contributed by atoms with Crippen LogP contribution in [0.25, 0.3) is 0 Å². The molecule has 2 aromatic carbocycles. The fourth-order valence-electron chi connectivity index (χ4n) is 2.21. The summed E-state index contributed by atoms with van der Waals surface area (Å²) >= 11 is 3.46. The summed E-state index contributed by atoms with van der Waals surface area (Å²) in [5, 5.41) is 3.20. The van der Waals surface area contributed by atoms with Gasteiger partial charge in [0.05, 0.1) is 0 Å². The van der Waals surface area contributed by atoms with Crippen LogP contribution >= 0.6 is 15.9 Å². The molecule has 2 aromatic rings. The third-order valence-electron chi connectivity index (χ3n) is 3.27. The van der Waals surface area contributed by atoms with Crippen LogP contribution in [-0.4, -0.2) is 7.05 Å². The number of nitrogens with one attached hydrogen (secondary N) is 1. The first-order chi connectivity index (χ1) is 9.11. The SMILES string of the molecule is CNC(Cc1cccc(Br)c1)c1cccc(C)c1F. The normalized spacial score (nSPS) is 12.4. The zero-order valence-electron chi connectivity index (χ0n) is 11.1. The maximum atomic E-state index is 14.2. The topological polar surface area (TPSA) is 12.0 Å². The van der Waals surface area contributed by atoms with Crippen molar-refractivity contribution < 1.29 is 4.39 Å². The number of hydrogen-bond acceptors (Lipinski definition) is 1. The second kappa shape index (κ2) is 6.31. The third-order valence-corrected chi connectivity index (χ3v) is 3.77. The Morgan fingerprint density at radius 1 is 1.21 bits per heavy atom. The van der Waals surface area contributed by atoms with Gasteiger partial charge in [0.2, 0.25) is 0 Å². The lowest BCUT2D eigenvalue weighted by Crippen LogP contribution is -2.20. The fraction of sp³-hybridized carbons (Fsp3) is 0.250. The molecule has 0 bridgehead atoms. The number of hydrogen-bond donors (Lipinski definition) is 1. The summed E-state index contributed by atoms with van der Waals surface area (Å²) in [6.45, 7) is 1.80. The second-order valence-electron chi connectivity index (χ2n) is 4.65. The molecular weight excluding hydrogens is 305 g/mol. The monoisotopic (exact) mass is 321 g/mol. The van der Waals surface area contributed by atoms with Crippen molar-refractivity contribution in [1.29, 1.82) is 0 Å². The van der Waals surface area contributed by atoms with Crippen molar-refractivity contribution in [1.82, 2.24) is 5.32 Å². The van der Waals surface area contributed by atoms with Crippen LogP contribution in [0, 0.1) is 12.7 Å². The molecule has 0 heterocycles. The number of aryl methyl sites for hydroxylation is 1. The molecule has 1 unspecified atom stereocenters. The van der Waals surface area contributed by atoms with Crippen molar-refractivity contribution in [3.63, 3.8) is 0 Å². The lowest BCUT2D eigenvalue weighted by Gasteiger charge is -2.18. The summed E-state index contributed by atoms with van der Waals surface area (Å²) in [5.41, 5.74) is 2.59. The summed E-state index contributed by atoms with van der Waals surface area (Å²) in [7, 11) is 1.87. The van der Waals surface area contributed by atoms with E-state index in [9.17, 15) is 4.39 Å². The number of halogens is 2. The summed E-state index contributed by atoms with van der Waals surface area (Å²) in [6.07, 6.45) is 0.760. The summed E-state index contributed by atoms with van der Waals surface area (Å²) in [5.74, 6) is -0.114. The first-order valence-electron chi connectivity index (χ1n) is 6.28. The molecule has 3 heteroatoms. The minimum absolute atomic E-state index is 0.0193. The van der Waals surface area contributed by atoms with Gasteiger partial charge in [-0.15, -0.1) is 0 Å². The Hall–Kier alpha value is -1.19. The van der Waals surface area contributed by atoms with Crippen molar-refractivity contribution in [2.24, 2.45) is 0 Å². The summed E-state index contributed by atoms with van der Waals surface area (Å²) in [4.78, 5) is 0. The Bertz CT molecular complexity index is 568. The van der Waals surface area contributed by atoms with Gasteiger partial charge in [-0.1, -0.05) is 46.3 Å². The summed E-state index contributed by atoms with van der Waals surface area (Å²) < 4.78 is 15.2. The quantitative estimate of drug-likeness (QED) is 0.880. The van der Waals surface area contributed by atoms with E-state index in [4.69, 9.17) is 0 Å². The van der Waals surface area contributed by atoms with Gasteiger partial charge >= 0.3 is 0 Å². The molecule has 0 aliphatic carbocycles. The molecule has 1 atom stereocenters. The molecule has 0 aliphatic heterocycles. The van der Waals surface area contributed by atoms with Crippen molar-refractivity contribution in [3.8, 4) is 0 Å². The van der Waals surface area contributed by atoms with Crippen LogP contribution in [0.15, 0.2) is 46.9 Å². The molecule has 0 saturated carbocycles. The van der Waals surface area contributed by atoms with E-state index in [1.54, 1.807) is 13.0 Å². The molecule has 0 saturated heterocycles. The van der Waals surface area contributed by atoms with Gasteiger partial charge in [0.25, 0.3) is 0 Å². The van der Waals surface area contributed by atoms with Crippen molar-refractivity contribution in [2.45, 2.75) is 19.4 Å². The second-order valence-corrected chi connectivity index (χ2v) is 5.57. The van der Waals surface area contributed by atoms with E-state index in [0.29, 0.717) is 5.56 Å². The van der Waals surface area contributed by atoms with E-state index in [-0.39, 0.29) is 11.9 Å². The summed E-state index contributed by atoms with van der Waals surface area (Å²) in [6, 6.07) is 13.6. The van der Waals surface area contributed by atoms with Crippen LogP contribution in [0.3, 0.4) is 0 Å². The highest BCUT2D eigenvalue weighted by atomic mass is 79.9. The highest BCUT2D eigenvalue weighted by molar-refractivity contribution is 9.10. The Morgan fingerprint density at radius 3 is 2.63 bits per heavy atom. The number of likely N-dealkylation sites (N-methyl/N-ethyl adjacent to an activating group) is 1. The molecule has 0 fully saturated rings. The van der Waals surface area contributed by atoms with Gasteiger partial charge < -0.3 is 5.32 Å². The van der Waals surface area contributed by atoms with E-state index < -0.39 is 0 Å². The highest BCUT2D eigenvalue weighted by Crippen LogP contribution is 2.24. The molecule has 19 heavy (non-hydrogen) atoms. The van der Waals surface area contributed by atoms with E-state index in [1.807, 2.05) is 31.3 Å². The Kier molecular flexibility index (Phi) is 4.72. The zero-order chi connectivity index (χ0) is 13.8. The molecule has 1 N–H and O–H groups in total. The Balaban J connectivity index is 2.28. The van der Waals surface area contributed by atoms with Crippen LogP contribution < -0.4 is 5.32 Å². The third kappa shape index (κ3) is 3.43. The Morgan fingerprint density at radius 2 is 1.95 bits per heavy atom.